The van der Waals surface area contributed by atoms with Gasteiger partial charge in [-0.25, -0.2) is 4.79 Å². The molecule has 114 valence electrons. The Morgan fingerprint density at radius 2 is 2.09 bits per heavy atom. The van der Waals surface area contributed by atoms with Gasteiger partial charge in [0, 0.05) is 11.8 Å². The topological polar surface area (TPSA) is 106 Å². The van der Waals surface area contributed by atoms with Crippen LogP contribution in [0.4, 0.5) is 10.5 Å². The van der Waals surface area contributed by atoms with Crippen LogP contribution in [0.3, 0.4) is 0 Å². The van der Waals surface area contributed by atoms with E-state index in [0.29, 0.717) is 11.4 Å². The zero-order valence-corrected chi connectivity index (χ0v) is 12.0. The number of amides is 3. The number of nitrogens with zero attached hydrogens (tertiary/aromatic N) is 1. The number of carbonyl (C=O) groups excluding carboxylic acids is 2. The van der Waals surface area contributed by atoms with Crippen molar-refractivity contribution in [1.29, 1.82) is 0 Å². The third kappa shape index (κ3) is 3.95. The molecule has 0 unspecified atom stereocenters. The predicted octanol–water partition coefficient (Wildman–Crippen LogP) is 1.51. The zero-order chi connectivity index (χ0) is 15.9. The summed E-state index contributed by atoms with van der Waals surface area (Å²) < 4.78 is 5.14. The molecule has 0 bridgehead atoms. The number of rotatable bonds is 5. The van der Waals surface area contributed by atoms with Gasteiger partial charge in [-0.2, -0.15) is 0 Å². The van der Waals surface area contributed by atoms with Crippen molar-refractivity contribution in [2.24, 2.45) is 5.73 Å². The molecule has 2 rings (SSSR count). The van der Waals surface area contributed by atoms with Crippen molar-refractivity contribution < 1.29 is 14.3 Å². The fourth-order valence-corrected chi connectivity index (χ4v) is 1.80. The van der Waals surface area contributed by atoms with Gasteiger partial charge in [-0.05, 0) is 30.3 Å². The van der Waals surface area contributed by atoms with E-state index in [0.717, 1.165) is 5.69 Å². The quantitative estimate of drug-likeness (QED) is 0.778. The molecule has 0 spiro atoms. The fraction of sp³-hybridized carbons (Fsp3) is 0.133. The highest BCUT2D eigenvalue weighted by Crippen LogP contribution is 2.25. The summed E-state index contributed by atoms with van der Waals surface area (Å²) in [5, 5.41) is 5.28. The Morgan fingerprint density at radius 1 is 1.27 bits per heavy atom. The lowest BCUT2D eigenvalue weighted by Crippen LogP contribution is -2.28. The summed E-state index contributed by atoms with van der Waals surface area (Å²) in [5.74, 6) is -0.155. The van der Waals surface area contributed by atoms with Crippen LogP contribution in [0.1, 0.15) is 16.1 Å². The molecule has 4 N–H and O–H groups in total. The minimum absolute atomic E-state index is 0.279. The minimum Gasteiger partial charge on any atom is -0.495 e. The van der Waals surface area contributed by atoms with Gasteiger partial charge < -0.3 is 21.1 Å². The van der Waals surface area contributed by atoms with Crippen molar-refractivity contribution in [2.75, 3.05) is 12.4 Å². The van der Waals surface area contributed by atoms with E-state index in [2.05, 4.69) is 15.6 Å². The Labute approximate surface area is 127 Å². The number of benzene rings is 1. The summed E-state index contributed by atoms with van der Waals surface area (Å²) >= 11 is 0. The third-order valence-electron chi connectivity index (χ3n) is 2.89. The summed E-state index contributed by atoms with van der Waals surface area (Å²) in [7, 11) is 1.47. The van der Waals surface area contributed by atoms with E-state index >= 15 is 0 Å². The maximum Gasteiger partial charge on any atom is 0.319 e. The van der Waals surface area contributed by atoms with Crippen LogP contribution in [0.2, 0.25) is 0 Å². The van der Waals surface area contributed by atoms with E-state index in [1.807, 2.05) is 6.07 Å². The number of aromatic nitrogens is 1. The minimum atomic E-state index is -0.584. The maximum absolute atomic E-state index is 11.9. The lowest BCUT2D eigenvalue weighted by molar-refractivity contribution is 0.1000. The number of nitrogens with one attached hydrogen (secondary N) is 2. The summed E-state index contributed by atoms with van der Waals surface area (Å²) in [4.78, 5) is 27.2. The van der Waals surface area contributed by atoms with E-state index in [9.17, 15) is 9.59 Å². The molecule has 2 aromatic rings. The number of hydrogen-bond donors (Lipinski definition) is 3. The van der Waals surface area contributed by atoms with Crippen LogP contribution in [-0.2, 0) is 6.54 Å². The SMILES string of the molecule is COc1ccc(C(N)=O)cc1NC(=O)NCc1ccccn1. The first-order chi connectivity index (χ1) is 10.6. The Hall–Kier alpha value is -3.09. The van der Waals surface area contributed by atoms with Gasteiger partial charge in [-0.15, -0.1) is 0 Å². The molecule has 0 aliphatic rings. The molecule has 0 fully saturated rings. The van der Waals surface area contributed by atoms with Crippen LogP contribution < -0.4 is 21.1 Å². The second kappa shape index (κ2) is 7.07. The van der Waals surface area contributed by atoms with Crippen molar-refractivity contribution in [3.05, 3.63) is 53.9 Å². The van der Waals surface area contributed by atoms with Gasteiger partial charge >= 0.3 is 6.03 Å². The lowest BCUT2D eigenvalue weighted by atomic mass is 10.2. The van der Waals surface area contributed by atoms with Crippen LogP contribution in [0.25, 0.3) is 0 Å². The number of primary amides is 1. The fourth-order valence-electron chi connectivity index (χ4n) is 1.80. The number of carbonyl (C=O) groups is 2. The number of nitrogens with two attached hydrogens (primary N) is 1. The second-order valence-electron chi connectivity index (χ2n) is 4.41. The Morgan fingerprint density at radius 3 is 2.73 bits per heavy atom. The average Bonchev–Trinajstić information content (AvgIpc) is 2.53. The van der Waals surface area contributed by atoms with E-state index in [1.165, 1.54) is 19.2 Å². The predicted molar refractivity (Wildman–Crippen MR) is 81.6 cm³/mol. The summed E-state index contributed by atoms with van der Waals surface area (Å²) in [6.45, 7) is 0.282. The Kier molecular flexibility index (Phi) is 4.92. The molecule has 1 aromatic heterocycles. The molecule has 7 nitrogen and oxygen atoms in total. The van der Waals surface area contributed by atoms with E-state index in [1.54, 1.807) is 24.4 Å². The molecule has 0 saturated heterocycles. The lowest BCUT2D eigenvalue weighted by Gasteiger charge is -2.12. The zero-order valence-electron chi connectivity index (χ0n) is 12.0. The van der Waals surface area contributed by atoms with Gasteiger partial charge in [-0.3, -0.25) is 9.78 Å². The summed E-state index contributed by atoms with van der Waals surface area (Å²) in [6.07, 6.45) is 1.65. The van der Waals surface area contributed by atoms with Crippen LogP contribution in [-0.4, -0.2) is 24.0 Å². The van der Waals surface area contributed by atoms with E-state index in [-0.39, 0.29) is 12.1 Å². The van der Waals surface area contributed by atoms with Gasteiger partial charge in [-0.1, -0.05) is 6.07 Å². The molecular formula is C15H16N4O3. The summed E-state index contributed by atoms with van der Waals surface area (Å²) in [5.41, 5.74) is 6.59. The molecule has 22 heavy (non-hydrogen) atoms. The van der Waals surface area contributed by atoms with Gasteiger partial charge in [0.2, 0.25) is 5.91 Å². The van der Waals surface area contributed by atoms with Crippen LogP contribution >= 0.6 is 0 Å². The standard InChI is InChI=1S/C15H16N4O3/c1-22-13-6-5-10(14(16)20)8-12(13)19-15(21)18-9-11-4-2-3-7-17-11/h2-8H,9H2,1H3,(H2,16,20)(H2,18,19,21). The molecule has 0 aliphatic heterocycles. The number of hydrogen-bond acceptors (Lipinski definition) is 4. The highest BCUT2D eigenvalue weighted by atomic mass is 16.5. The first-order valence-corrected chi connectivity index (χ1v) is 6.52. The first kappa shape index (κ1) is 15.3. The molecule has 1 heterocycles. The molecule has 3 amide bonds. The van der Waals surface area contributed by atoms with Crippen molar-refractivity contribution >= 4 is 17.6 Å². The first-order valence-electron chi connectivity index (χ1n) is 6.52. The third-order valence-corrected chi connectivity index (χ3v) is 2.89. The van der Waals surface area contributed by atoms with Crippen molar-refractivity contribution in [3.8, 4) is 5.75 Å². The van der Waals surface area contributed by atoms with Gasteiger partial charge in [0.15, 0.2) is 0 Å². The number of anilines is 1. The molecule has 7 heteroatoms. The van der Waals surface area contributed by atoms with Gasteiger partial charge in [0.25, 0.3) is 0 Å². The van der Waals surface area contributed by atoms with Crippen LogP contribution in [0.5, 0.6) is 5.75 Å². The molecule has 0 radical (unpaired) electrons. The monoisotopic (exact) mass is 300 g/mol. The Bertz CT molecular complexity index is 674. The van der Waals surface area contributed by atoms with Gasteiger partial charge in [0.05, 0.1) is 25.0 Å². The number of methoxy groups -OCH3 is 1. The molecule has 0 saturated carbocycles. The second-order valence-corrected chi connectivity index (χ2v) is 4.41. The smallest absolute Gasteiger partial charge is 0.319 e. The van der Waals surface area contributed by atoms with E-state index in [4.69, 9.17) is 10.5 Å². The largest absolute Gasteiger partial charge is 0.495 e. The number of ether oxygens (including phenoxy) is 1. The van der Waals surface area contributed by atoms with Crippen molar-refractivity contribution in [2.45, 2.75) is 6.54 Å². The highest BCUT2D eigenvalue weighted by molar-refractivity contribution is 5.97. The van der Waals surface area contributed by atoms with Crippen molar-refractivity contribution in [3.63, 3.8) is 0 Å². The molecule has 0 atom stereocenters. The Balaban J connectivity index is 2.04. The average molecular weight is 300 g/mol. The molecule has 1 aromatic carbocycles. The maximum atomic E-state index is 11.9. The number of urea groups is 1. The molecule has 0 aliphatic carbocycles. The normalized spacial score (nSPS) is 9.86. The van der Waals surface area contributed by atoms with Crippen molar-refractivity contribution in [1.82, 2.24) is 10.3 Å². The van der Waals surface area contributed by atoms with Crippen LogP contribution in [0.15, 0.2) is 42.6 Å². The summed E-state index contributed by atoms with van der Waals surface area (Å²) in [6, 6.07) is 9.54. The van der Waals surface area contributed by atoms with E-state index < -0.39 is 11.9 Å². The van der Waals surface area contributed by atoms with Crippen LogP contribution in [0, 0.1) is 0 Å². The van der Waals surface area contributed by atoms with Gasteiger partial charge in [0.1, 0.15) is 5.75 Å². The molecular weight excluding hydrogens is 284 g/mol. The number of pyridine rings is 1. The highest BCUT2D eigenvalue weighted by Gasteiger charge is 2.10.